The zero-order valence-corrected chi connectivity index (χ0v) is 16.8. The number of hydrogen-bond acceptors (Lipinski definition) is 7. The van der Waals surface area contributed by atoms with Gasteiger partial charge in [-0.05, 0) is 31.2 Å². The van der Waals surface area contributed by atoms with Gasteiger partial charge in [-0.3, -0.25) is 4.79 Å². The molecule has 0 saturated heterocycles. The van der Waals surface area contributed by atoms with Crippen LogP contribution in [0.5, 0.6) is 5.75 Å². The molecule has 0 aliphatic rings. The van der Waals surface area contributed by atoms with Gasteiger partial charge in [-0.25, -0.2) is 9.59 Å². The number of Topliss-reactive ketones (excluding diaryl/α,β-unsaturated/α-hetero) is 1. The highest BCUT2D eigenvalue weighted by molar-refractivity contribution is 5.94. The van der Waals surface area contributed by atoms with Crippen molar-refractivity contribution in [1.82, 2.24) is 0 Å². The third-order valence-corrected chi connectivity index (χ3v) is 4.78. The van der Waals surface area contributed by atoms with Gasteiger partial charge in [0.15, 0.2) is 5.78 Å². The number of rotatable bonds is 6. The van der Waals surface area contributed by atoms with Crippen LogP contribution >= 0.6 is 0 Å². The number of hydrogen-bond donors (Lipinski definition) is 0. The fourth-order valence-corrected chi connectivity index (χ4v) is 3.14. The molecule has 0 bridgehead atoms. The lowest BCUT2D eigenvalue weighted by molar-refractivity contribution is 0.0438. The van der Waals surface area contributed by atoms with E-state index in [1.165, 1.54) is 26.2 Å². The van der Waals surface area contributed by atoms with Gasteiger partial charge in [0, 0.05) is 34.2 Å². The van der Waals surface area contributed by atoms with Gasteiger partial charge < -0.3 is 18.3 Å². The van der Waals surface area contributed by atoms with Crippen molar-refractivity contribution in [3.8, 4) is 17.1 Å². The van der Waals surface area contributed by atoms with E-state index in [4.69, 9.17) is 18.3 Å². The molecule has 7 nitrogen and oxygen atoms in total. The molecule has 0 aliphatic carbocycles. The van der Waals surface area contributed by atoms with E-state index in [9.17, 15) is 14.4 Å². The van der Waals surface area contributed by atoms with E-state index in [0.29, 0.717) is 33.6 Å². The molecular weight excluding hydrogens is 400 g/mol. The number of ketones is 1. The van der Waals surface area contributed by atoms with Crippen molar-refractivity contribution in [2.45, 2.75) is 13.5 Å². The van der Waals surface area contributed by atoms with Gasteiger partial charge >= 0.3 is 11.6 Å². The standard InChI is InChI=1S/C24H18O7/c1-14(25)15-3-5-16(6-4-15)20-9-10-21(30-20)24(27)29-13-17-11-23(26)31-22-12-18(28-2)7-8-19(17)22/h3-12H,13H2,1-2H3. The first kappa shape index (κ1) is 20.2. The van der Waals surface area contributed by atoms with Crippen LogP contribution in [0.2, 0.25) is 0 Å². The average molecular weight is 418 g/mol. The summed E-state index contributed by atoms with van der Waals surface area (Å²) in [6.45, 7) is 1.36. The molecule has 156 valence electrons. The van der Waals surface area contributed by atoms with Crippen LogP contribution in [0.4, 0.5) is 0 Å². The Balaban J connectivity index is 1.51. The zero-order valence-electron chi connectivity index (χ0n) is 16.8. The smallest absolute Gasteiger partial charge is 0.374 e. The Morgan fingerprint density at radius 1 is 0.935 bits per heavy atom. The Hall–Kier alpha value is -4.13. The Bertz CT molecular complexity index is 1330. The minimum absolute atomic E-state index is 0.0274. The Morgan fingerprint density at radius 3 is 2.42 bits per heavy atom. The van der Waals surface area contributed by atoms with Crippen molar-refractivity contribution in [2.24, 2.45) is 0 Å². The quantitative estimate of drug-likeness (QED) is 0.256. The first-order chi connectivity index (χ1) is 14.9. The van der Waals surface area contributed by atoms with Gasteiger partial charge in [0.1, 0.15) is 23.7 Å². The number of carbonyl (C=O) groups excluding carboxylic acids is 2. The average Bonchev–Trinajstić information content (AvgIpc) is 3.27. The number of carbonyl (C=O) groups is 2. The van der Waals surface area contributed by atoms with Crippen molar-refractivity contribution in [2.75, 3.05) is 7.11 Å². The second-order valence-electron chi connectivity index (χ2n) is 6.83. The predicted molar refractivity (Wildman–Crippen MR) is 112 cm³/mol. The molecule has 0 spiro atoms. The molecule has 7 heteroatoms. The third kappa shape index (κ3) is 4.25. The molecule has 2 aromatic carbocycles. The van der Waals surface area contributed by atoms with Crippen LogP contribution in [0.3, 0.4) is 0 Å². The molecule has 2 aromatic heterocycles. The highest BCUT2D eigenvalue weighted by atomic mass is 16.5. The maximum atomic E-state index is 12.4. The minimum atomic E-state index is -0.665. The third-order valence-electron chi connectivity index (χ3n) is 4.78. The number of esters is 1. The fraction of sp³-hybridized carbons (Fsp3) is 0.125. The molecule has 0 aliphatic heterocycles. The summed E-state index contributed by atoms with van der Waals surface area (Å²) in [5.41, 5.74) is 1.61. The fourth-order valence-electron chi connectivity index (χ4n) is 3.14. The molecule has 0 atom stereocenters. The zero-order chi connectivity index (χ0) is 22.0. The molecule has 0 saturated carbocycles. The first-order valence-corrected chi connectivity index (χ1v) is 9.44. The number of ether oxygens (including phenoxy) is 2. The van der Waals surface area contributed by atoms with Crippen LogP contribution in [0.15, 0.2) is 74.3 Å². The van der Waals surface area contributed by atoms with Crippen LogP contribution in [0.25, 0.3) is 22.3 Å². The highest BCUT2D eigenvalue weighted by Gasteiger charge is 2.16. The van der Waals surface area contributed by atoms with E-state index in [1.807, 2.05) is 0 Å². The molecule has 0 N–H and O–H groups in total. The normalized spacial score (nSPS) is 10.8. The van der Waals surface area contributed by atoms with E-state index in [1.54, 1.807) is 48.5 Å². The van der Waals surface area contributed by atoms with Crippen LogP contribution in [0, 0.1) is 0 Å². The number of furan rings is 1. The Morgan fingerprint density at radius 2 is 1.71 bits per heavy atom. The molecule has 0 radical (unpaired) electrons. The van der Waals surface area contributed by atoms with Crippen molar-refractivity contribution >= 4 is 22.7 Å². The van der Waals surface area contributed by atoms with Gasteiger partial charge in [0.05, 0.1) is 7.11 Å². The second-order valence-corrected chi connectivity index (χ2v) is 6.83. The van der Waals surface area contributed by atoms with Crippen molar-refractivity contribution < 1.29 is 27.9 Å². The summed E-state index contributed by atoms with van der Waals surface area (Å²) in [6, 6.07) is 16.4. The van der Waals surface area contributed by atoms with Crippen LogP contribution in [-0.2, 0) is 11.3 Å². The van der Waals surface area contributed by atoms with E-state index in [2.05, 4.69) is 0 Å². The molecule has 2 heterocycles. The van der Waals surface area contributed by atoms with Gasteiger partial charge in [0.25, 0.3) is 0 Å². The molecule has 0 unspecified atom stereocenters. The monoisotopic (exact) mass is 418 g/mol. The lowest BCUT2D eigenvalue weighted by Crippen LogP contribution is -2.07. The van der Waals surface area contributed by atoms with E-state index >= 15 is 0 Å². The summed E-state index contributed by atoms with van der Waals surface area (Å²) in [5.74, 6) is 0.349. The predicted octanol–water partition coefficient (Wildman–Crippen LogP) is 4.62. The second kappa shape index (κ2) is 8.31. The van der Waals surface area contributed by atoms with Gasteiger partial charge in [-0.15, -0.1) is 0 Å². The summed E-state index contributed by atoms with van der Waals surface area (Å²) >= 11 is 0. The first-order valence-electron chi connectivity index (χ1n) is 9.44. The Kier molecular flexibility index (Phi) is 5.41. The van der Waals surface area contributed by atoms with E-state index < -0.39 is 11.6 Å². The summed E-state index contributed by atoms with van der Waals surface area (Å²) in [6.07, 6.45) is 0. The number of benzene rings is 2. The van der Waals surface area contributed by atoms with Crippen LogP contribution in [-0.4, -0.2) is 18.9 Å². The Labute approximate surface area is 176 Å². The summed E-state index contributed by atoms with van der Waals surface area (Å²) in [4.78, 5) is 35.7. The van der Waals surface area contributed by atoms with E-state index in [0.717, 1.165) is 5.56 Å². The maximum absolute atomic E-state index is 12.4. The largest absolute Gasteiger partial charge is 0.497 e. The lowest BCUT2D eigenvalue weighted by Gasteiger charge is -2.07. The minimum Gasteiger partial charge on any atom is -0.497 e. The summed E-state index contributed by atoms with van der Waals surface area (Å²) < 4.78 is 21.3. The van der Waals surface area contributed by atoms with Gasteiger partial charge in [0.2, 0.25) is 5.76 Å². The summed E-state index contributed by atoms with van der Waals surface area (Å²) in [5, 5.41) is 0.638. The molecular formula is C24H18O7. The summed E-state index contributed by atoms with van der Waals surface area (Å²) in [7, 11) is 1.51. The number of methoxy groups -OCH3 is 1. The van der Waals surface area contributed by atoms with Gasteiger partial charge in [-0.2, -0.15) is 0 Å². The maximum Gasteiger partial charge on any atom is 0.374 e. The molecule has 0 fully saturated rings. The number of fused-ring (bicyclic) bond motifs is 1. The highest BCUT2D eigenvalue weighted by Crippen LogP contribution is 2.25. The van der Waals surface area contributed by atoms with Crippen LogP contribution < -0.4 is 10.4 Å². The molecule has 4 aromatic rings. The van der Waals surface area contributed by atoms with Crippen molar-refractivity contribution in [3.63, 3.8) is 0 Å². The van der Waals surface area contributed by atoms with Crippen molar-refractivity contribution in [3.05, 3.63) is 88.0 Å². The molecule has 4 rings (SSSR count). The molecule has 31 heavy (non-hydrogen) atoms. The van der Waals surface area contributed by atoms with E-state index in [-0.39, 0.29) is 18.2 Å². The van der Waals surface area contributed by atoms with Gasteiger partial charge in [-0.1, -0.05) is 24.3 Å². The topological polar surface area (TPSA) is 96.0 Å². The molecule has 0 amide bonds. The SMILES string of the molecule is COc1ccc2c(COC(=O)c3ccc(-c4ccc(C(C)=O)cc4)o3)cc(=O)oc2c1. The lowest BCUT2D eigenvalue weighted by atomic mass is 10.1. The van der Waals surface area contributed by atoms with Crippen LogP contribution in [0.1, 0.15) is 33.4 Å². The van der Waals surface area contributed by atoms with Crippen molar-refractivity contribution in [1.29, 1.82) is 0 Å².